The molecule has 1 amide bonds. The number of H-pyrrole nitrogens is 1. The van der Waals surface area contributed by atoms with Gasteiger partial charge >= 0.3 is 0 Å². The average Bonchev–Trinajstić information content (AvgIpc) is 3.02. The lowest BCUT2D eigenvalue weighted by Crippen LogP contribution is -2.18. The van der Waals surface area contributed by atoms with Crippen molar-refractivity contribution < 1.29 is 10.0 Å². The van der Waals surface area contributed by atoms with Gasteiger partial charge in [-0.2, -0.15) is 0 Å². The number of nitrogens with one attached hydrogen (secondary N) is 2. The maximum absolute atomic E-state index is 11.3. The summed E-state index contributed by atoms with van der Waals surface area (Å²) in [6.45, 7) is 0. The molecule has 3 N–H and O–H groups in total. The van der Waals surface area contributed by atoms with E-state index in [0.717, 1.165) is 25.5 Å². The molecule has 3 rings (SSSR count). The van der Waals surface area contributed by atoms with Crippen LogP contribution in [0.4, 0.5) is 0 Å². The molecule has 2 aromatic heterocycles. The molecule has 0 unspecified atom stereocenters. The van der Waals surface area contributed by atoms with Gasteiger partial charge in [0.2, 0.25) is 0 Å². The van der Waals surface area contributed by atoms with Crippen LogP contribution in [0.3, 0.4) is 0 Å². The minimum Gasteiger partial charge on any atom is -0.337 e. The van der Waals surface area contributed by atoms with Crippen molar-refractivity contribution in [1.29, 1.82) is 0 Å². The third-order valence-corrected chi connectivity index (χ3v) is 4.28. The van der Waals surface area contributed by atoms with E-state index in [4.69, 9.17) is 5.21 Å². The Morgan fingerprint density at radius 1 is 1.37 bits per heavy atom. The number of halogens is 1. The highest BCUT2D eigenvalue weighted by molar-refractivity contribution is 9.11. The van der Waals surface area contributed by atoms with Gasteiger partial charge in [-0.25, -0.2) is 10.5 Å². The van der Waals surface area contributed by atoms with Crippen LogP contribution >= 0.6 is 27.3 Å². The summed E-state index contributed by atoms with van der Waals surface area (Å²) in [5.41, 5.74) is 3.51. The number of benzene rings is 1. The second-order valence-corrected chi connectivity index (χ2v) is 6.33. The van der Waals surface area contributed by atoms with Gasteiger partial charge in [-0.05, 0) is 46.3 Å². The zero-order valence-corrected chi connectivity index (χ0v) is 11.9. The van der Waals surface area contributed by atoms with E-state index < -0.39 is 5.91 Å². The molecule has 0 atom stereocenters. The molecule has 5 nitrogen and oxygen atoms in total. The standard InChI is InChI=1S/C12H8BrN3O2S/c13-10-4-3-9(19-10)11-14-7-2-1-6(12(17)16-18)5-8(7)15-11/h1-5,18H,(H,14,15)(H,16,17). The Bertz CT molecular complexity index is 765. The molecular weight excluding hydrogens is 330 g/mol. The molecule has 7 heteroatoms. The van der Waals surface area contributed by atoms with Gasteiger partial charge in [0.25, 0.3) is 5.91 Å². The van der Waals surface area contributed by atoms with Crippen LogP contribution in [0.1, 0.15) is 10.4 Å². The monoisotopic (exact) mass is 337 g/mol. The summed E-state index contributed by atoms with van der Waals surface area (Å²) < 4.78 is 1.03. The van der Waals surface area contributed by atoms with E-state index in [-0.39, 0.29) is 0 Å². The van der Waals surface area contributed by atoms with Crippen molar-refractivity contribution in [2.45, 2.75) is 0 Å². The molecular formula is C12H8BrN3O2S. The molecule has 0 saturated heterocycles. The fourth-order valence-electron chi connectivity index (χ4n) is 1.77. The van der Waals surface area contributed by atoms with Crippen LogP contribution in [0.5, 0.6) is 0 Å². The van der Waals surface area contributed by atoms with Crippen LogP contribution in [-0.2, 0) is 0 Å². The lowest BCUT2D eigenvalue weighted by atomic mass is 10.2. The van der Waals surface area contributed by atoms with Crippen molar-refractivity contribution in [2.75, 3.05) is 0 Å². The van der Waals surface area contributed by atoms with E-state index >= 15 is 0 Å². The molecule has 0 bridgehead atoms. The van der Waals surface area contributed by atoms with Gasteiger partial charge in [0.05, 0.1) is 19.7 Å². The number of rotatable bonds is 2. The van der Waals surface area contributed by atoms with Crippen molar-refractivity contribution in [1.82, 2.24) is 15.4 Å². The van der Waals surface area contributed by atoms with Gasteiger partial charge in [0.15, 0.2) is 0 Å². The maximum atomic E-state index is 11.3. The topological polar surface area (TPSA) is 78.0 Å². The van der Waals surface area contributed by atoms with Crippen molar-refractivity contribution in [3.8, 4) is 10.7 Å². The highest BCUT2D eigenvalue weighted by atomic mass is 79.9. The number of amides is 1. The highest BCUT2D eigenvalue weighted by Crippen LogP contribution is 2.30. The van der Waals surface area contributed by atoms with Crippen molar-refractivity contribution in [2.24, 2.45) is 0 Å². The third-order valence-electron chi connectivity index (χ3n) is 2.65. The number of hydrogen-bond acceptors (Lipinski definition) is 4. The van der Waals surface area contributed by atoms with E-state index in [1.54, 1.807) is 35.0 Å². The lowest BCUT2D eigenvalue weighted by molar-refractivity contribution is 0.0706. The van der Waals surface area contributed by atoms with Crippen molar-refractivity contribution >= 4 is 44.2 Å². The third kappa shape index (κ3) is 2.27. The minimum absolute atomic E-state index is 0.373. The first-order valence-electron chi connectivity index (χ1n) is 5.37. The number of carbonyl (C=O) groups excluding carboxylic acids is 1. The normalized spacial score (nSPS) is 10.8. The van der Waals surface area contributed by atoms with E-state index in [0.29, 0.717) is 5.56 Å². The summed E-state index contributed by atoms with van der Waals surface area (Å²) in [4.78, 5) is 20.0. The first-order chi connectivity index (χ1) is 9.17. The molecule has 0 aliphatic rings. The van der Waals surface area contributed by atoms with Crippen molar-refractivity contribution in [3.05, 3.63) is 39.7 Å². The Balaban J connectivity index is 2.08. The summed E-state index contributed by atoms with van der Waals surface area (Å²) >= 11 is 4.98. The number of fused-ring (bicyclic) bond motifs is 1. The zero-order valence-electron chi connectivity index (χ0n) is 9.48. The largest absolute Gasteiger partial charge is 0.337 e. The Hall–Kier alpha value is -1.70. The molecule has 19 heavy (non-hydrogen) atoms. The predicted octanol–water partition coefficient (Wildman–Crippen LogP) is 3.17. The van der Waals surface area contributed by atoms with Gasteiger partial charge in [-0.3, -0.25) is 10.0 Å². The van der Waals surface area contributed by atoms with Gasteiger partial charge in [-0.1, -0.05) is 0 Å². The van der Waals surface area contributed by atoms with Gasteiger partial charge in [0.1, 0.15) is 5.82 Å². The SMILES string of the molecule is O=C(NO)c1ccc2nc(-c3ccc(Br)s3)[nH]c2c1. The smallest absolute Gasteiger partial charge is 0.274 e. The molecule has 0 aliphatic carbocycles. The van der Waals surface area contributed by atoms with Crippen molar-refractivity contribution in [3.63, 3.8) is 0 Å². The Labute approximate surface area is 120 Å². The molecule has 0 aliphatic heterocycles. The quantitative estimate of drug-likeness (QED) is 0.496. The number of carbonyl (C=O) groups is 1. The van der Waals surface area contributed by atoms with Crippen LogP contribution in [0.2, 0.25) is 0 Å². The molecule has 2 heterocycles. The number of nitrogens with zero attached hydrogens (tertiary/aromatic N) is 1. The van der Waals surface area contributed by atoms with E-state index in [1.165, 1.54) is 0 Å². The molecule has 0 fully saturated rings. The summed E-state index contributed by atoms with van der Waals surface area (Å²) in [5.74, 6) is 0.212. The predicted molar refractivity (Wildman–Crippen MR) is 76.4 cm³/mol. The zero-order chi connectivity index (χ0) is 13.4. The number of imidazole rings is 1. The summed E-state index contributed by atoms with van der Waals surface area (Å²) in [6, 6.07) is 8.93. The van der Waals surface area contributed by atoms with E-state index in [2.05, 4.69) is 25.9 Å². The first-order valence-corrected chi connectivity index (χ1v) is 6.98. The number of aromatic nitrogens is 2. The summed E-state index contributed by atoms with van der Waals surface area (Å²) in [7, 11) is 0. The van der Waals surface area contributed by atoms with Crippen LogP contribution in [0, 0.1) is 0 Å². The van der Waals surface area contributed by atoms with E-state index in [1.807, 2.05) is 12.1 Å². The highest BCUT2D eigenvalue weighted by Gasteiger charge is 2.10. The molecule has 96 valence electrons. The maximum Gasteiger partial charge on any atom is 0.274 e. The number of aromatic amines is 1. The average molecular weight is 338 g/mol. The lowest BCUT2D eigenvalue weighted by Gasteiger charge is -1.97. The van der Waals surface area contributed by atoms with Gasteiger partial charge in [-0.15, -0.1) is 11.3 Å². The molecule has 3 aromatic rings. The van der Waals surface area contributed by atoms with Crippen LogP contribution in [-0.4, -0.2) is 21.1 Å². The number of hydrogen-bond donors (Lipinski definition) is 3. The van der Waals surface area contributed by atoms with Gasteiger partial charge in [0, 0.05) is 5.56 Å². The Kier molecular flexibility index (Phi) is 3.09. The first kappa shape index (κ1) is 12.3. The van der Waals surface area contributed by atoms with Gasteiger partial charge < -0.3 is 4.98 Å². The van der Waals surface area contributed by atoms with Crippen LogP contribution < -0.4 is 5.48 Å². The fourth-order valence-corrected chi connectivity index (χ4v) is 3.10. The van der Waals surface area contributed by atoms with Crippen LogP contribution in [0.15, 0.2) is 34.1 Å². The molecule has 1 aromatic carbocycles. The molecule has 0 radical (unpaired) electrons. The fraction of sp³-hybridized carbons (Fsp3) is 0. The summed E-state index contributed by atoms with van der Waals surface area (Å²) in [6.07, 6.45) is 0. The minimum atomic E-state index is -0.545. The molecule has 0 saturated carbocycles. The second-order valence-electron chi connectivity index (χ2n) is 3.86. The summed E-state index contributed by atoms with van der Waals surface area (Å²) in [5, 5.41) is 8.62. The second kappa shape index (κ2) is 4.76. The number of hydroxylamine groups is 1. The number of thiophene rings is 1. The molecule has 0 spiro atoms. The Morgan fingerprint density at radius 3 is 2.89 bits per heavy atom. The van der Waals surface area contributed by atoms with E-state index in [9.17, 15) is 4.79 Å². The van der Waals surface area contributed by atoms with Crippen LogP contribution in [0.25, 0.3) is 21.7 Å². The Morgan fingerprint density at radius 2 is 2.21 bits per heavy atom.